The highest BCUT2D eigenvalue weighted by Gasteiger charge is 2.21. The van der Waals surface area contributed by atoms with Crippen LogP contribution in [0.25, 0.3) is 0 Å². The van der Waals surface area contributed by atoms with E-state index in [0.29, 0.717) is 15.9 Å². The third kappa shape index (κ3) is 4.20. The molecule has 1 aliphatic heterocycles. The molecule has 2 nitrogen and oxygen atoms in total. The van der Waals surface area contributed by atoms with Crippen molar-refractivity contribution in [2.75, 3.05) is 25.9 Å². The summed E-state index contributed by atoms with van der Waals surface area (Å²) in [7, 11) is 2.11. The van der Waals surface area contributed by atoms with Crippen LogP contribution in [0.1, 0.15) is 11.1 Å². The van der Waals surface area contributed by atoms with Gasteiger partial charge < -0.3 is 5.32 Å². The molecule has 2 rings (SSSR count). The second kappa shape index (κ2) is 8.25. The second-order valence-electron chi connectivity index (χ2n) is 4.43. The molecule has 20 heavy (non-hydrogen) atoms. The van der Waals surface area contributed by atoms with E-state index in [1.165, 1.54) is 6.07 Å². The van der Waals surface area contributed by atoms with E-state index in [-0.39, 0.29) is 5.82 Å². The molecule has 1 atom stereocenters. The molecule has 1 unspecified atom stereocenters. The van der Waals surface area contributed by atoms with E-state index >= 15 is 0 Å². The van der Waals surface area contributed by atoms with Crippen LogP contribution in [0, 0.1) is 25.6 Å². The number of benzene rings is 1. The Morgan fingerprint density at radius 2 is 2.25 bits per heavy atom. The lowest BCUT2D eigenvalue weighted by Gasteiger charge is -2.20. The van der Waals surface area contributed by atoms with Crippen LogP contribution in [-0.2, 0) is 0 Å². The van der Waals surface area contributed by atoms with Gasteiger partial charge in [-0.3, -0.25) is 4.90 Å². The van der Waals surface area contributed by atoms with Gasteiger partial charge in [0.15, 0.2) is 0 Å². The molecular weight excluding hydrogens is 291 g/mol. The monoisotopic (exact) mass is 310 g/mol. The van der Waals surface area contributed by atoms with Crippen molar-refractivity contribution in [3.05, 3.63) is 35.1 Å². The Kier molecular flexibility index (Phi) is 7.00. The first kappa shape index (κ1) is 17.0. The summed E-state index contributed by atoms with van der Waals surface area (Å²) in [6.45, 7) is 3.67. The van der Waals surface area contributed by atoms with E-state index in [1.54, 1.807) is 13.0 Å². The minimum Gasteiger partial charge on any atom is -0.373 e. The summed E-state index contributed by atoms with van der Waals surface area (Å²) in [6.07, 6.45) is 8.00. The molecule has 1 aliphatic rings. The van der Waals surface area contributed by atoms with Crippen molar-refractivity contribution in [2.24, 2.45) is 0 Å². The average Bonchev–Trinajstić information content (AvgIpc) is 2.87. The summed E-state index contributed by atoms with van der Waals surface area (Å²) in [6, 6.07) is 5.02. The SMILES string of the molecule is C#C.Cc1c(F)cccc1C(=S)NCC1SCCN1C. The van der Waals surface area contributed by atoms with E-state index in [1.807, 2.05) is 17.8 Å². The smallest absolute Gasteiger partial charge is 0.126 e. The maximum Gasteiger partial charge on any atom is 0.126 e. The topological polar surface area (TPSA) is 15.3 Å². The summed E-state index contributed by atoms with van der Waals surface area (Å²) >= 11 is 7.26. The fourth-order valence-electron chi connectivity index (χ4n) is 1.95. The van der Waals surface area contributed by atoms with E-state index in [0.717, 1.165) is 24.4 Å². The van der Waals surface area contributed by atoms with Crippen molar-refractivity contribution in [1.29, 1.82) is 0 Å². The predicted octanol–water partition coefficient (Wildman–Crippen LogP) is 2.65. The predicted molar refractivity (Wildman–Crippen MR) is 89.6 cm³/mol. The zero-order chi connectivity index (χ0) is 15.1. The first-order valence-electron chi connectivity index (χ1n) is 6.28. The molecule has 1 aromatic carbocycles. The molecule has 1 N–H and O–H groups in total. The second-order valence-corrected chi connectivity index (χ2v) is 6.12. The van der Waals surface area contributed by atoms with Gasteiger partial charge in [-0.2, -0.15) is 0 Å². The van der Waals surface area contributed by atoms with Crippen LogP contribution in [0.4, 0.5) is 4.39 Å². The first-order valence-corrected chi connectivity index (χ1v) is 7.74. The van der Waals surface area contributed by atoms with E-state index in [4.69, 9.17) is 12.2 Å². The summed E-state index contributed by atoms with van der Waals surface area (Å²) in [5.41, 5.74) is 1.40. The van der Waals surface area contributed by atoms with E-state index in [9.17, 15) is 4.39 Å². The maximum atomic E-state index is 13.4. The number of rotatable bonds is 3. The molecule has 1 heterocycles. The van der Waals surface area contributed by atoms with Gasteiger partial charge in [0.1, 0.15) is 10.8 Å². The average molecular weight is 310 g/mol. The molecule has 1 fully saturated rings. The zero-order valence-electron chi connectivity index (χ0n) is 11.7. The molecule has 108 valence electrons. The fourth-order valence-corrected chi connectivity index (χ4v) is 3.48. The minimum atomic E-state index is -0.205. The maximum absolute atomic E-state index is 13.4. The highest BCUT2D eigenvalue weighted by molar-refractivity contribution is 8.00. The Morgan fingerprint density at radius 3 is 2.85 bits per heavy atom. The van der Waals surface area contributed by atoms with Crippen molar-refractivity contribution in [1.82, 2.24) is 10.2 Å². The number of hydrogen-bond donors (Lipinski definition) is 1. The number of nitrogens with zero attached hydrogens (tertiary/aromatic N) is 1. The van der Waals surface area contributed by atoms with Crippen LogP contribution in [0.15, 0.2) is 18.2 Å². The third-order valence-electron chi connectivity index (χ3n) is 3.20. The minimum absolute atomic E-state index is 0.205. The van der Waals surface area contributed by atoms with E-state index in [2.05, 4.69) is 30.1 Å². The molecule has 0 saturated carbocycles. The van der Waals surface area contributed by atoms with Crippen LogP contribution in [0.3, 0.4) is 0 Å². The molecular formula is C15H19FN2S2. The normalized spacial score (nSPS) is 18.1. The quantitative estimate of drug-likeness (QED) is 0.682. The van der Waals surface area contributed by atoms with Crippen molar-refractivity contribution < 1.29 is 4.39 Å². The van der Waals surface area contributed by atoms with Gasteiger partial charge in [-0.1, -0.05) is 24.4 Å². The van der Waals surface area contributed by atoms with Crippen molar-refractivity contribution in [3.8, 4) is 12.8 Å². The number of thiocarbonyl (C=S) groups is 1. The molecule has 1 aromatic rings. The number of terminal acetylenes is 1. The van der Waals surface area contributed by atoms with Crippen LogP contribution >= 0.6 is 24.0 Å². The van der Waals surface area contributed by atoms with Gasteiger partial charge in [-0.15, -0.1) is 24.6 Å². The van der Waals surface area contributed by atoms with Crippen LogP contribution in [0.5, 0.6) is 0 Å². The lowest BCUT2D eigenvalue weighted by molar-refractivity contribution is 0.351. The van der Waals surface area contributed by atoms with Gasteiger partial charge >= 0.3 is 0 Å². The van der Waals surface area contributed by atoms with Crippen molar-refractivity contribution in [3.63, 3.8) is 0 Å². The molecule has 5 heteroatoms. The standard InChI is InChI=1S/C13H17FN2S2.C2H2/c1-9-10(4-3-5-11(9)14)13(17)15-8-12-16(2)6-7-18-12;1-2/h3-5,12H,6-8H2,1-2H3,(H,15,17);1-2H. The Bertz CT molecular complexity index is 488. The molecule has 1 saturated heterocycles. The van der Waals surface area contributed by atoms with Gasteiger partial charge in [0.2, 0.25) is 0 Å². The van der Waals surface area contributed by atoms with Gasteiger partial charge in [-0.25, -0.2) is 4.39 Å². The summed E-state index contributed by atoms with van der Waals surface area (Å²) in [5.74, 6) is 0.957. The molecule has 0 amide bonds. The van der Waals surface area contributed by atoms with E-state index < -0.39 is 0 Å². The van der Waals surface area contributed by atoms with Crippen molar-refractivity contribution in [2.45, 2.75) is 12.3 Å². The van der Waals surface area contributed by atoms with Gasteiger partial charge in [0, 0.05) is 24.4 Å². The van der Waals surface area contributed by atoms with Crippen LogP contribution in [-0.4, -0.2) is 41.2 Å². The Morgan fingerprint density at radius 1 is 1.55 bits per heavy atom. The molecule has 0 aliphatic carbocycles. The Hall–Kier alpha value is -1.09. The summed E-state index contributed by atoms with van der Waals surface area (Å²) in [4.78, 5) is 2.94. The largest absolute Gasteiger partial charge is 0.373 e. The van der Waals surface area contributed by atoms with Crippen LogP contribution in [0.2, 0.25) is 0 Å². The zero-order valence-corrected chi connectivity index (χ0v) is 13.4. The Labute approximate surface area is 130 Å². The third-order valence-corrected chi connectivity index (χ3v) is 4.89. The van der Waals surface area contributed by atoms with Crippen molar-refractivity contribution >= 4 is 29.0 Å². The highest BCUT2D eigenvalue weighted by Crippen LogP contribution is 2.21. The van der Waals surface area contributed by atoms with Crippen LogP contribution < -0.4 is 5.32 Å². The number of hydrogen-bond acceptors (Lipinski definition) is 3. The molecule has 0 bridgehead atoms. The highest BCUT2D eigenvalue weighted by atomic mass is 32.2. The Balaban J connectivity index is 0.000000956. The number of nitrogens with one attached hydrogen (secondary N) is 1. The van der Waals surface area contributed by atoms with Gasteiger partial charge in [-0.05, 0) is 25.6 Å². The number of likely N-dealkylation sites (N-methyl/N-ethyl adjacent to an activating group) is 1. The fraction of sp³-hybridized carbons (Fsp3) is 0.400. The number of halogens is 1. The number of thioether (sulfide) groups is 1. The van der Waals surface area contributed by atoms with Gasteiger partial charge in [0.05, 0.1) is 5.37 Å². The molecule has 0 radical (unpaired) electrons. The lowest BCUT2D eigenvalue weighted by Crippen LogP contribution is -2.36. The lowest BCUT2D eigenvalue weighted by atomic mass is 10.1. The summed E-state index contributed by atoms with van der Waals surface area (Å²) in [5, 5.41) is 3.70. The summed E-state index contributed by atoms with van der Waals surface area (Å²) < 4.78 is 13.4. The molecule has 0 aromatic heterocycles. The van der Waals surface area contributed by atoms with Gasteiger partial charge in [0.25, 0.3) is 0 Å². The molecule has 0 spiro atoms. The first-order chi connectivity index (χ1) is 9.59.